The van der Waals surface area contributed by atoms with Crippen LogP contribution in [0.1, 0.15) is 46.0 Å². The van der Waals surface area contributed by atoms with Crippen molar-refractivity contribution in [3.8, 4) is 11.1 Å². The Morgan fingerprint density at radius 2 is 1.77 bits per heavy atom. The van der Waals surface area contributed by atoms with Crippen LogP contribution in [0.4, 0.5) is 9.93 Å². The molecule has 5 rings (SSSR count). The largest absolute Gasteiger partial charge is 0.481 e. The molecule has 2 heterocycles. The number of nitrogens with zero attached hydrogens (tertiary/aromatic N) is 2. The standard InChI is InChI=1S/C26H25N3O5S/c30-23(31)10-9-16-11-12-29(14-16)24(32)22-13-27-25(35-22)28-26(33)34-15-21-19-7-3-1-5-17(19)18-6-2-4-8-20(18)21/h1-8,13,16,21H,9-12,14-15H2,(H,30,31)(H,27,28,33). The number of amides is 2. The molecule has 0 radical (unpaired) electrons. The normalized spacial score (nSPS) is 16.6. The number of rotatable bonds is 7. The molecule has 1 aromatic heterocycles. The lowest BCUT2D eigenvalue weighted by atomic mass is 9.98. The lowest BCUT2D eigenvalue weighted by Gasteiger charge is -2.15. The number of thiazole rings is 1. The highest BCUT2D eigenvalue weighted by Gasteiger charge is 2.30. The van der Waals surface area contributed by atoms with Crippen LogP contribution in [0.2, 0.25) is 0 Å². The Balaban J connectivity index is 1.16. The van der Waals surface area contributed by atoms with Crippen LogP contribution in [0, 0.1) is 5.92 Å². The van der Waals surface area contributed by atoms with E-state index in [2.05, 4.69) is 34.6 Å². The molecule has 1 atom stereocenters. The number of hydrogen-bond donors (Lipinski definition) is 2. The molecule has 1 fully saturated rings. The van der Waals surface area contributed by atoms with Crippen LogP contribution in [0.3, 0.4) is 0 Å². The zero-order valence-corrected chi connectivity index (χ0v) is 19.8. The van der Waals surface area contributed by atoms with E-state index in [1.165, 1.54) is 6.20 Å². The van der Waals surface area contributed by atoms with E-state index in [4.69, 9.17) is 9.84 Å². The molecule has 0 saturated carbocycles. The van der Waals surface area contributed by atoms with Crippen LogP contribution in [-0.4, -0.2) is 52.7 Å². The van der Waals surface area contributed by atoms with Crippen molar-refractivity contribution in [1.82, 2.24) is 9.88 Å². The molecule has 9 heteroatoms. The van der Waals surface area contributed by atoms with Crippen LogP contribution in [0.25, 0.3) is 11.1 Å². The lowest BCUT2D eigenvalue weighted by Crippen LogP contribution is -2.28. The fraction of sp³-hybridized carbons (Fsp3) is 0.308. The molecule has 0 spiro atoms. The number of carbonyl (C=O) groups excluding carboxylic acids is 2. The van der Waals surface area contributed by atoms with Crippen LogP contribution < -0.4 is 5.32 Å². The van der Waals surface area contributed by atoms with Gasteiger partial charge in [-0.2, -0.15) is 0 Å². The molecule has 2 aliphatic rings. The predicted octanol–water partition coefficient (Wildman–Crippen LogP) is 4.83. The Hall–Kier alpha value is -3.72. The summed E-state index contributed by atoms with van der Waals surface area (Å²) < 4.78 is 5.55. The second kappa shape index (κ2) is 9.87. The number of nitrogens with one attached hydrogen (secondary N) is 1. The van der Waals surface area contributed by atoms with Gasteiger partial charge in [0.05, 0.1) is 6.20 Å². The van der Waals surface area contributed by atoms with E-state index in [1.807, 2.05) is 24.3 Å². The zero-order valence-electron chi connectivity index (χ0n) is 19.0. The van der Waals surface area contributed by atoms with Crippen LogP contribution >= 0.6 is 11.3 Å². The number of aliphatic carboxylic acids is 1. The van der Waals surface area contributed by atoms with E-state index in [0.29, 0.717) is 29.5 Å². The quantitative estimate of drug-likeness (QED) is 0.490. The Morgan fingerprint density at radius 1 is 1.09 bits per heavy atom. The zero-order chi connectivity index (χ0) is 24.4. The number of likely N-dealkylation sites (tertiary alicyclic amines) is 1. The first-order valence-electron chi connectivity index (χ1n) is 11.6. The minimum absolute atomic E-state index is 0.0363. The van der Waals surface area contributed by atoms with Gasteiger partial charge in [-0.3, -0.25) is 14.9 Å². The van der Waals surface area contributed by atoms with Gasteiger partial charge in [0.2, 0.25) is 0 Å². The van der Waals surface area contributed by atoms with E-state index < -0.39 is 12.1 Å². The van der Waals surface area contributed by atoms with Crippen molar-refractivity contribution in [3.05, 3.63) is 70.7 Å². The van der Waals surface area contributed by atoms with Crippen molar-refractivity contribution in [2.24, 2.45) is 5.92 Å². The number of carboxylic acids is 1. The van der Waals surface area contributed by atoms with E-state index in [1.54, 1.807) is 4.90 Å². The molecule has 8 nitrogen and oxygen atoms in total. The van der Waals surface area contributed by atoms with E-state index in [9.17, 15) is 14.4 Å². The highest BCUT2D eigenvalue weighted by molar-refractivity contribution is 7.17. The Bertz CT molecular complexity index is 1230. The maximum absolute atomic E-state index is 12.8. The van der Waals surface area contributed by atoms with Crippen LogP contribution in [0.5, 0.6) is 0 Å². The Kier molecular flexibility index (Phi) is 6.50. The smallest absolute Gasteiger partial charge is 0.413 e. The molecule has 1 aliphatic heterocycles. The third kappa shape index (κ3) is 4.90. The number of fused-ring (bicyclic) bond motifs is 3. The molecule has 35 heavy (non-hydrogen) atoms. The fourth-order valence-electron chi connectivity index (χ4n) is 4.89. The second-order valence-electron chi connectivity index (χ2n) is 8.82. The summed E-state index contributed by atoms with van der Waals surface area (Å²) in [5.74, 6) is -0.811. The first-order chi connectivity index (χ1) is 17.0. The highest BCUT2D eigenvalue weighted by Crippen LogP contribution is 2.44. The minimum Gasteiger partial charge on any atom is -0.481 e. The SMILES string of the molecule is O=C(O)CCC1CCN(C(=O)c2cnc(NC(=O)OCC3c4ccccc4-c4ccccc43)s2)C1. The number of anilines is 1. The number of ether oxygens (including phenoxy) is 1. The fourth-order valence-corrected chi connectivity index (χ4v) is 5.66. The Morgan fingerprint density at radius 3 is 2.46 bits per heavy atom. The average Bonchev–Trinajstić information content (AvgIpc) is 3.59. The topological polar surface area (TPSA) is 109 Å². The van der Waals surface area contributed by atoms with Gasteiger partial charge in [-0.05, 0) is 41.0 Å². The summed E-state index contributed by atoms with van der Waals surface area (Å²) in [7, 11) is 0. The molecule has 2 N–H and O–H groups in total. The molecule has 1 unspecified atom stereocenters. The van der Waals surface area contributed by atoms with Gasteiger partial charge in [-0.1, -0.05) is 59.9 Å². The van der Waals surface area contributed by atoms with Gasteiger partial charge in [0.1, 0.15) is 11.5 Å². The van der Waals surface area contributed by atoms with Gasteiger partial charge in [0.25, 0.3) is 5.91 Å². The number of carbonyl (C=O) groups is 3. The number of hydrogen-bond acceptors (Lipinski definition) is 6. The first-order valence-corrected chi connectivity index (χ1v) is 12.4. The third-order valence-electron chi connectivity index (χ3n) is 6.61. The maximum atomic E-state index is 12.8. The van der Waals surface area contributed by atoms with Gasteiger partial charge in [0.15, 0.2) is 5.13 Å². The minimum atomic E-state index is -0.818. The number of carboxylic acid groups (broad SMARTS) is 1. The predicted molar refractivity (Wildman–Crippen MR) is 132 cm³/mol. The average molecular weight is 492 g/mol. The van der Waals surface area contributed by atoms with Gasteiger partial charge in [-0.15, -0.1) is 0 Å². The summed E-state index contributed by atoms with van der Waals surface area (Å²) in [6, 6.07) is 16.3. The summed E-state index contributed by atoms with van der Waals surface area (Å²) in [5, 5.41) is 11.8. The van der Waals surface area contributed by atoms with Gasteiger partial charge in [0, 0.05) is 25.4 Å². The molecular weight excluding hydrogens is 466 g/mol. The van der Waals surface area contributed by atoms with Crippen molar-refractivity contribution >= 4 is 34.4 Å². The summed E-state index contributed by atoms with van der Waals surface area (Å²) in [6.45, 7) is 1.33. The summed E-state index contributed by atoms with van der Waals surface area (Å²) in [6.07, 6.45) is 2.31. The first kappa shape index (κ1) is 23.0. The lowest BCUT2D eigenvalue weighted by molar-refractivity contribution is -0.137. The summed E-state index contributed by atoms with van der Waals surface area (Å²) in [4.78, 5) is 42.4. The summed E-state index contributed by atoms with van der Waals surface area (Å²) in [5.41, 5.74) is 4.59. The molecule has 2 amide bonds. The number of benzene rings is 2. The number of aromatic nitrogens is 1. The van der Waals surface area contributed by atoms with Crippen molar-refractivity contribution in [2.45, 2.75) is 25.2 Å². The monoisotopic (exact) mass is 491 g/mol. The van der Waals surface area contributed by atoms with Crippen molar-refractivity contribution in [1.29, 1.82) is 0 Å². The van der Waals surface area contributed by atoms with E-state index >= 15 is 0 Å². The second-order valence-corrected chi connectivity index (χ2v) is 9.85. The van der Waals surface area contributed by atoms with E-state index in [-0.39, 0.29) is 30.8 Å². The van der Waals surface area contributed by atoms with Crippen molar-refractivity contribution < 1.29 is 24.2 Å². The van der Waals surface area contributed by atoms with Crippen molar-refractivity contribution in [3.63, 3.8) is 0 Å². The van der Waals surface area contributed by atoms with Gasteiger partial charge in [-0.25, -0.2) is 9.78 Å². The molecule has 0 bridgehead atoms. The van der Waals surface area contributed by atoms with E-state index in [0.717, 1.165) is 40.0 Å². The van der Waals surface area contributed by atoms with Crippen LogP contribution in [0.15, 0.2) is 54.7 Å². The molecular formula is C26H25N3O5S. The van der Waals surface area contributed by atoms with Gasteiger partial charge < -0.3 is 14.7 Å². The van der Waals surface area contributed by atoms with Crippen LogP contribution in [-0.2, 0) is 9.53 Å². The Labute approximate surface area is 206 Å². The maximum Gasteiger partial charge on any atom is 0.413 e. The summed E-state index contributed by atoms with van der Waals surface area (Å²) >= 11 is 1.10. The molecule has 3 aromatic rings. The van der Waals surface area contributed by atoms with Gasteiger partial charge >= 0.3 is 12.1 Å². The third-order valence-corrected chi connectivity index (χ3v) is 7.51. The highest BCUT2D eigenvalue weighted by atomic mass is 32.1. The molecule has 1 saturated heterocycles. The molecule has 2 aromatic carbocycles. The molecule has 180 valence electrons. The molecule has 1 aliphatic carbocycles. The van der Waals surface area contributed by atoms with Crippen molar-refractivity contribution in [2.75, 3.05) is 25.0 Å².